The van der Waals surface area contributed by atoms with Crippen LogP contribution in [0.3, 0.4) is 0 Å². The lowest BCUT2D eigenvalue weighted by molar-refractivity contribution is -0.146. The van der Waals surface area contributed by atoms with Gasteiger partial charge in [-0.05, 0) is 18.4 Å². The molecule has 1 aromatic rings. The largest absolute Gasteiger partial charge is 0.480 e. The van der Waals surface area contributed by atoms with E-state index in [4.69, 9.17) is 4.74 Å². The van der Waals surface area contributed by atoms with Crippen molar-refractivity contribution in [3.8, 4) is 0 Å². The van der Waals surface area contributed by atoms with Gasteiger partial charge in [0.2, 0.25) is 0 Å². The van der Waals surface area contributed by atoms with Crippen molar-refractivity contribution in [1.82, 2.24) is 5.32 Å². The van der Waals surface area contributed by atoms with E-state index in [-0.39, 0.29) is 12.5 Å². The molecule has 0 saturated heterocycles. The zero-order valence-electron chi connectivity index (χ0n) is 12.1. The number of aliphatic carboxylic acids is 1. The highest BCUT2D eigenvalue weighted by molar-refractivity contribution is 5.84. The second-order valence-corrected chi connectivity index (χ2v) is 5.00. The molecule has 2 unspecified atom stereocenters. The van der Waals surface area contributed by atoms with Gasteiger partial charge in [-0.15, -0.1) is 0 Å². The fourth-order valence-corrected chi connectivity index (χ4v) is 1.77. The summed E-state index contributed by atoms with van der Waals surface area (Å²) in [5, 5.41) is 11.8. The Morgan fingerprint density at radius 3 is 2.45 bits per heavy atom. The van der Waals surface area contributed by atoms with Crippen LogP contribution in [-0.2, 0) is 16.1 Å². The number of hydrogen-bond donors (Lipinski definition) is 2. The van der Waals surface area contributed by atoms with Crippen LogP contribution in [0.5, 0.6) is 0 Å². The van der Waals surface area contributed by atoms with Crippen LogP contribution in [0.25, 0.3) is 0 Å². The third kappa shape index (κ3) is 3.98. The van der Waals surface area contributed by atoms with E-state index in [0.29, 0.717) is 6.42 Å². The number of carboxylic acid groups (broad SMARTS) is 1. The van der Waals surface area contributed by atoms with Crippen molar-refractivity contribution in [2.45, 2.75) is 39.3 Å². The molecule has 1 amide bonds. The fraction of sp³-hybridized carbons (Fsp3) is 0.467. The molecule has 1 aromatic carbocycles. The van der Waals surface area contributed by atoms with Crippen molar-refractivity contribution in [2.75, 3.05) is 0 Å². The normalized spacial score (nSPS) is 14.9. The maximum absolute atomic E-state index is 11.8. The summed E-state index contributed by atoms with van der Waals surface area (Å²) in [5.41, 5.74) is -0.481. The quantitative estimate of drug-likeness (QED) is 0.839. The number of amides is 1. The van der Waals surface area contributed by atoms with E-state index in [9.17, 15) is 14.7 Å². The first-order chi connectivity index (χ1) is 9.40. The maximum Gasteiger partial charge on any atom is 0.408 e. The molecular formula is C15H21NO4. The van der Waals surface area contributed by atoms with Gasteiger partial charge in [-0.2, -0.15) is 0 Å². The molecule has 110 valence electrons. The molecule has 0 aromatic heterocycles. The monoisotopic (exact) mass is 279 g/mol. The van der Waals surface area contributed by atoms with E-state index in [0.717, 1.165) is 5.56 Å². The van der Waals surface area contributed by atoms with Gasteiger partial charge in [0.1, 0.15) is 12.1 Å². The summed E-state index contributed by atoms with van der Waals surface area (Å²) >= 11 is 0. The lowest BCUT2D eigenvalue weighted by Crippen LogP contribution is -2.56. The van der Waals surface area contributed by atoms with E-state index in [1.54, 1.807) is 6.92 Å². The molecule has 0 radical (unpaired) electrons. The molecule has 2 N–H and O–H groups in total. The van der Waals surface area contributed by atoms with Crippen molar-refractivity contribution >= 4 is 12.1 Å². The predicted octanol–water partition coefficient (Wildman–Crippen LogP) is 2.80. The van der Waals surface area contributed by atoms with Crippen molar-refractivity contribution < 1.29 is 19.4 Å². The highest BCUT2D eigenvalue weighted by Gasteiger charge is 2.40. The van der Waals surface area contributed by atoms with Crippen molar-refractivity contribution in [3.63, 3.8) is 0 Å². The number of carbonyl (C=O) groups is 2. The Morgan fingerprint density at radius 1 is 1.35 bits per heavy atom. The number of carboxylic acids is 1. The molecule has 0 fully saturated rings. The van der Waals surface area contributed by atoms with E-state index < -0.39 is 17.6 Å². The number of carbonyl (C=O) groups excluding carboxylic acids is 1. The number of benzene rings is 1. The minimum absolute atomic E-state index is 0.114. The van der Waals surface area contributed by atoms with Gasteiger partial charge < -0.3 is 15.2 Å². The molecule has 0 aliphatic rings. The lowest BCUT2D eigenvalue weighted by Gasteiger charge is -2.31. The molecule has 5 nitrogen and oxygen atoms in total. The molecule has 0 bridgehead atoms. The van der Waals surface area contributed by atoms with Crippen LogP contribution in [-0.4, -0.2) is 22.7 Å². The Bertz CT molecular complexity index is 460. The van der Waals surface area contributed by atoms with Gasteiger partial charge in [0, 0.05) is 0 Å². The van der Waals surface area contributed by atoms with E-state index in [1.807, 2.05) is 37.3 Å². The Balaban J connectivity index is 2.61. The highest BCUT2D eigenvalue weighted by atomic mass is 16.5. The number of rotatable bonds is 6. The Morgan fingerprint density at radius 2 is 1.95 bits per heavy atom. The van der Waals surface area contributed by atoms with Crippen LogP contribution in [0.2, 0.25) is 0 Å². The molecule has 2 atom stereocenters. The van der Waals surface area contributed by atoms with Crippen LogP contribution in [0, 0.1) is 5.92 Å². The third-order valence-corrected chi connectivity index (χ3v) is 3.62. The van der Waals surface area contributed by atoms with Crippen molar-refractivity contribution in [1.29, 1.82) is 0 Å². The number of ether oxygens (including phenoxy) is 1. The fourth-order valence-electron chi connectivity index (χ4n) is 1.77. The molecular weight excluding hydrogens is 258 g/mol. The highest BCUT2D eigenvalue weighted by Crippen LogP contribution is 2.20. The molecule has 20 heavy (non-hydrogen) atoms. The van der Waals surface area contributed by atoms with Gasteiger partial charge in [0.15, 0.2) is 0 Å². The topological polar surface area (TPSA) is 75.6 Å². The van der Waals surface area contributed by atoms with Gasteiger partial charge in [0.25, 0.3) is 0 Å². The second-order valence-electron chi connectivity index (χ2n) is 5.00. The molecule has 0 heterocycles. The molecule has 1 rings (SSSR count). The first-order valence-electron chi connectivity index (χ1n) is 6.62. The zero-order valence-corrected chi connectivity index (χ0v) is 12.1. The Labute approximate surface area is 118 Å². The summed E-state index contributed by atoms with van der Waals surface area (Å²) in [7, 11) is 0. The summed E-state index contributed by atoms with van der Waals surface area (Å²) < 4.78 is 5.06. The first-order valence-corrected chi connectivity index (χ1v) is 6.62. The van der Waals surface area contributed by atoms with Gasteiger partial charge in [-0.3, -0.25) is 0 Å². The van der Waals surface area contributed by atoms with Crippen LogP contribution < -0.4 is 5.32 Å². The summed E-state index contributed by atoms with van der Waals surface area (Å²) in [6.45, 7) is 5.27. The lowest BCUT2D eigenvalue weighted by atomic mass is 9.85. The third-order valence-electron chi connectivity index (χ3n) is 3.62. The summed E-state index contributed by atoms with van der Waals surface area (Å²) in [6, 6.07) is 9.22. The molecule has 0 aliphatic heterocycles. The van der Waals surface area contributed by atoms with Gasteiger partial charge in [0.05, 0.1) is 0 Å². The maximum atomic E-state index is 11.8. The molecule has 5 heteroatoms. The molecule has 0 spiro atoms. The summed E-state index contributed by atoms with van der Waals surface area (Å²) in [5.74, 6) is -1.27. The number of alkyl carbamates (subject to hydrolysis) is 1. The number of hydrogen-bond acceptors (Lipinski definition) is 3. The van der Waals surface area contributed by atoms with Crippen LogP contribution >= 0.6 is 0 Å². The zero-order chi connectivity index (χ0) is 15.2. The SMILES string of the molecule is CCC(C)C(C)(NC(=O)OCc1ccccc1)C(=O)O. The average molecular weight is 279 g/mol. The van der Waals surface area contributed by atoms with Gasteiger partial charge in [-0.1, -0.05) is 50.6 Å². The molecule has 0 saturated carbocycles. The average Bonchev–Trinajstić information content (AvgIpc) is 2.45. The van der Waals surface area contributed by atoms with Crippen LogP contribution in [0.15, 0.2) is 30.3 Å². The van der Waals surface area contributed by atoms with Crippen LogP contribution in [0.4, 0.5) is 4.79 Å². The Hall–Kier alpha value is -2.04. The second kappa shape index (κ2) is 6.93. The van der Waals surface area contributed by atoms with Crippen molar-refractivity contribution in [2.24, 2.45) is 5.92 Å². The van der Waals surface area contributed by atoms with Crippen LogP contribution in [0.1, 0.15) is 32.8 Å². The van der Waals surface area contributed by atoms with E-state index >= 15 is 0 Å². The van der Waals surface area contributed by atoms with E-state index in [2.05, 4.69) is 5.32 Å². The summed E-state index contributed by atoms with van der Waals surface area (Å²) in [4.78, 5) is 23.1. The predicted molar refractivity (Wildman–Crippen MR) is 75.3 cm³/mol. The minimum Gasteiger partial charge on any atom is -0.480 e. The molecule has 0 aliphatic carbocycles. The minimum atomic E-state index is -1.33. The smallest absolute Gasteiger partial charge is 0.408 e. The van der Waals surface area contributed by atoms with Gasteiger partial charge in [-0.25, -0.2) is 9.59 Å². The summed E-state index contributed by atoms with van der Waals surface area (Å²) in [6.07, 6.45) is -0.0825. The Kier molecular flexibility index (Phi) is 5.55. The standard InChI is InChI=1S/C15H21NO4/c1-4-11(2)15(3,13(17)18)16-14(19)20-10-12-8-6-5-7-9-12/h5-9,11H,4,10H2,1-3H3,(H,16,19)(H,17,18). The number of nitrogens with one attached hydrogen (secondary N) is 1. The first kappa shape index (κ1) is 16.0. The van der Waals surface area contributed by atoms with E-state index in [1.165, 1.54) is 6.92 Å². The van der Waals surface area contributed by atoms with Gasteiger partial charge >= 0.3 is 12.1 Å². The van der Waals surface area contributed by atoms with Crippen molar-refractivity contribution in [3.05, 3.63) is 35.9 Å².